The Kier molecular flexibility index (Phi) is 5.23. The van der Waals surface area contributed by atoms with Gasteiger partial charge in [-0.15, -0.1) is 11.6 Å². The van der Waals surface area contributed by atoms with Gasteiger partial charge in [-0.3, -0.25) is 0 Å². The molecule has 0 atom stereocenters. The second-order valence-corrected chi connectivity index (χ2v) is 1.28. The topological polar surface area (TPSA) is 26.0 Å². The summed E-state index contributed by atoms with van der Waals surface area (Å²) in [4.78, 5) is 0. The molecule has 0 aliphatic rings. The van der Waals surface area contributed by atoms with Crippen LogP contribution in [0.5, 0.6) is 0 Å². The standard InChI is InChI=1S/C5H8ClN/c6-4-2-1-3-5-7/h1-3,5H,4,7H2/b2-1-,5-3-. The van der Waals surface area contributed by atoms with E-state index >= 15 is 0 Å². The molecule has 0 saturated heterocycles. The van der Waals surface area contributed by atoms with Crippen LogP contribution < -0.4 is 5.73 Å². The molecule has 0 amide bonds. The zero-order valence-electron chi connectivity index (χ0n) is 3.97. The van der Waals surface area contributed by atoms with Crippen molar-refractivity contribution >= 4 is 11.6 Å². The van der Waals surface area contributed by atoms with Crippen LogP contribution in [0.25, 0.3) is 0 Å². The van der Waals surface area contributed by atoms with Crippen molar-refractivity contribution in [3.63, 3.8) is 0 Å². The Balaban J connectivity index is 3.09. The van der Waals surface area contributed by atoms with Gasteiger partial charge in [0.2, 0.25) is 0 Å². The lowest BCUT2D eigenvalue weighted by Gasteiger charge is -1.69. The summed E-state index contributed by atoms with van der Waals surface area (Å²) in [5, 5.41) is 0. The molecule has 0 aromatic rings. The maximum atomic E-state index is 5.28. The summed E-state index contributed by atoms with van der Waals surface area (Å²) in [6.07, 6.45) is 6.79. The van der Waals surface area contributed by atoms with Crippen LogP contribution in [0.1, 0.15) is 0 Å². The molecule has 1 nitrogen and oxygen atoms in total. The first-order valence-corrected chi connectivity index (χ1v) is 2.54. The van der Waals surface area contributed by atoms with Crippen molar-refractivity contribution in [3.8, 4) is 0 Å². The molecule has 0 heterocycles. The summed E-state index contributed by atoms with van der Waals surface area (Å²) < 4.78 is 0. The van der Waals surface area contributed by atoms with Gasteiger partial charge in [-0.1, -0.05) is 12.2 Å². The fourth-order valence-electron chi connectivity index (χ4n) is 0.194. The minimum absolute atomic E-state index is 0.546. The summed E-state index contributed by atoms with van der Waals surface area (Å²) in [6.45, 7) is 0. The highest BCUT2D eigenvalue weighted by atomic mass is 35.5. The van der Waals surface area contributed by atoms with Crippen LogP contribution in [0.2, 0.25) is 0 Å². The van der Waals surface area contributed by atoms with Crippen LogP contribution in [-0.4, -0.2) is 5.88 Å². The minimum atomic E-state index is 0.546. The third-order valence-electron chi connectivity index (χ3n) is 0.447. The zero-order valence-corrected chi connectivity index (χ0v) is 4.73. The predicted octanol–water partition coefficient (Wildman–Crippen LogP) is 1.25. The highest BCUT2D eigenvalue weighted by molar-refractivity contribution is 6.18. The van der Waals surface area contributed by atoms with E-state index in [1.54, 1.807) is 12.2 Å². The molecular formula is C5H8ClN. The average molecular weight is 118 g/mol. The Bertz CT molecular complexity index is 76.1. The van der Waals surface area contributed by atoms with Gasteiger partial charge in [-0.2, -0.15) is 0 Å². The van der Waals surface area contributed by atoms with Gasteiger partial charge < -0.3 is 5.73 Å². The van der Waals surface area contributed by atoms with Crippen molar-refractivity contribution in [1.29, 1.82) is 0 Å². The molecule has 2 heteroatoms. The van der Waals surface area contributed by atoms with Crippen LogP contribution in [0.4, 0.5) is 0 Å². The molecule has 0 radical (unpaired) electrons. The van der Waals surface area contributed by atoms with E-state index in [9.17, 15) is 0 Å². The van der Waals surface area contributed by atoms with Crippen LogP contribution in [0.15, 0.2) is 24.4 Å². The van der Waals surface area contributed by atoms with Crippen LogP contribution >= 0.6 is 11.6 Å². The Hall–Kier alpha value is -0.430. The molecule has 2 N–H and O–H groups in total. The van der Waals surface area contributed by atoms with Crippen molar-refractivity contribution in [3.05, 3.63) is 24.4 Å². The van der Waals surface area contributed by atoms with Gasteiger partial charge in [-0.05, 0) is 12.3 Å². The number of allylic oxidation sites excluding steroid dienone is 3. The summed E-state index contributed by atoms with van der Waals surface area (Å²) in [5.41, 5.74) is 4.99. The van der Waals surface area contributed by atoms with Gasteiger partial charge in [0.25, 0.3) is 0 Å². The van der Waals surface area contributed by atoms with E-state index in [-0.39, 0.29) is 0 Å². The first-order chi connectivity index (χ1) is 3.41. The molecule has 0 aromatic heterocycles. The van der Waals surface area contributed by atoms with Gasteiger partial charge in [0.15, 0.2) is 0 Å². The zero-order chi connectivity index (χ0) is 5.54. The molecule has 0 spiro atoms. The predicted molar refractivity (Wildman–Crippen MR) is 33.2 cm³/mol. The van der Waals surface area contributed by atoms with Crippen LogP contribution in [0.3, 0.4) is 0 Å². The summed E-state index contributed by atoms with van der Waals surface area (Å²) in [7, 11) is 0. The molecular weight excluding hydrogens is 110 g/mol. The molecule has 7 heavy (non-hydrogen) atoms. The van der Waals surface area contributed by atoms with Crippen molar-refractivity contribution in [2.45, 2.75) is 0 Å². The van der Waals surface area contributed by atoms with E-state index in [1.807, 2.05) is 6.08 Å². The average Bonchev–Trinajstić information content (AvgIpc) is 1.69. The SMILES string of the molecule is N/C=C\C=C/CCl. The second-order valence-electron chi connectivity index (χ2n) is 0.967. The molecule has 0 fully saturated rings. The number of nitrogens with two attached hydrogens (primary N) is 1. The lowest BCUT2D eigenvalue weighted by Crippen LogP contribution is -1.72. The normalized spacial score (nSPS) is 11.6. The number of alkyl halides is 1. The Morgan fingerprint density at radius 1 is 1.43 bits per heavy atom. The first-order valence-electron chi connectivity index (χ1n) is 2.01. The Morgan fingerprint density at radius 2 is 2.14 bits per heavy atom. The van der Waals surface area contributed by atoms with E-state index < -0.39 is 0 Å². The fourth-order valence-corrected chi connectivity index (χ4v) is 0.297. The van der Waals surface area contributed by atoms with Crippen molar-refractivity contribution in [2.75, 3.05) is 5.88 Å². The lowest BCUT2D eigenvalue weighted by atomic mass is 10.5. The molecule has 0 bridgehead atoms. The molecule has 40 valence electrons. The van der Waals surface area contributed by atoms with Crippen molar-refractivity contribution < 1.29 is 0 Å². The van der Waals surface area contributed by atoms with Crippen LogP contribution in [-0.2, 0) is 0 Å². The van der Waals surface area contributed by atoms with E-state index in [0.29, 0.717) is 5.88 Å². The molecule has 0 aliphatic heterocycles. The largest absolute Gasteiger partial charge is 0.405 e. The van der Waals surface area contributed by atoms with E-state index in [0.717, 1.165) is 0 Å². The number of halogens is 1. The van der Waals surface area contributed by atoms with E-state index in [1.165, 1.54) is 6.20 Å². The van der Waals surface area contributed by atoms with Gasteiger partial charge in [0.05, 0.1) is 0 Å². The highest BCUT2D eigenvalue weighted by Crippen LogP contribution is 1.77. The van der Waals surface area contributed by atoms with Crippen LogP contribution in [0, 0.1) is 0 Å². The quantitative estimate of drug-likeness (QED) is 0.428. The minimum Gasteiger partial charge on any atom is -0.405 e. The summed E-state index contributed by atoms with van der Waals surface area (Å²) in [6, 6.07) is 0. The van der Waals surface area contributed by atoms with Crippen molar-refractivity contribution in [1.82, 2.24) is 0 Å². The van der Waals surface area contributed by atoms with E-state index in [4.69, 9.17) is 17.3 Å². The maximum Gasteiger partial charge on any atom is 0.0407 e. The summed E-state index contributed by atoms with van der Waals surface area (Å²) in [5.74, 6) is 0.546. The van der Waals surface area contributed by atoms with Crippen molar-refractivity contribution in [2.24, 2.45) is 5.73 Å². The van der Waals surface area contributed by atoms with E-state index in [2.05, 4.69) is 0 Å². The molecule has 0 unspecified atom stereocenters. The molecule has 0 aromatic carbocycles. The molecule has 0 aliphatic carbocycles. The lowest BCUT2D eigenvalue weighted by molar-refractivity contribution is 1.59. The number of hydrogen-bond acceptors (Lipinski definition) is 1. The first kappa shape index (κ1) is 6.57. The monoisotopic (exact) mass is 117 g/mol. The second kappa shape index (κ2) is 5.57. The van der Waals surface area contributed by atoms with Gasteiger partial charge >= 0.3 is 0 Å². The third kappa shape index (κ3) is 5.57. The Morgan fingerprint density at radius 3 is 2.57 bits per heavy atom. The smallest absolute Gasteiger partial charge is 0.0407 e. The molecule has 0 saturated carbocycles. The highest BCUT2D eigenvalue weighted by Gasteiger charge is 1.59. The van der Waals surface area contributed by atoms with Gasteiger partial charge in [-0.25, -0.2) is 0 Å². The fraction of sp³-hybridized carbons (Fsp3) is 0.200. The number of rotatable bonds is 2. The van der Waals surface area contributed by atoms with Gasteiger partial charge in [0.1, 0.15) is 0 Å². The third-order valence-corrected chi connectivity index (χ3v) is 0.626. The Labute approximate surface area is 48.5 Å². The maximum absolute atomic E-state index is 5.28. The number of hydrogen-bond donors (Lipinski definition) is 1. The van der Waals surface area contributed by atoms with Gasteiger partial charge in [0, 0.05) is 5.88 Å². The summed E-state index contributed by atoms with van der Waals surface area (Å²) >= 11 is 5.28. The molecule has 0 rings (SSSR count).